The number of nitrogens with zero attached hydrogens (tertiary/aromatic N) is 4. The summed E-state index contributed by atoms with van der Waals surface area (Å²) < 4.78 is 0. The number of anilines is 1. The van der Waals surface area contributed by atoms with Crippen molar-refractivity contribution in [2.75, 3.05) is 18.0 Å². The van der Waals surface area contributed by atoms with Crippen molar-refractivity contribution in [2.45, 2.75) is 25.8 Å². The summed E-state index contributed by atoms with van der Waals surface area (Å²) in [5, 5.41) is 21.5. The van der Waals surface area contributed by atoms with Crippen LogP contribution in [0.2, 0.25) is 5.02 Å². The summed E-state index contributed by atoms with van der Waals surface area (Å²) in [6.45, 7) is 3.67. The van der Waals surface area contributed by atoms with Crippen molar-refractivity contribution >= 4 is 28.3 Å². The van der Waals surface area contributed by atoms with Gasteiger partial charge >= 0.3 is 0 Å². The molecule has 1 aliphatic heterocycles. The molecule has 5 rings (SSSR count). The van der Waals surface area contributed by atoms with Crippen LogP contribution < -0.4 is 10.6 Å². The van der Waals surface area contributed by atoms with Crippen LogP contribution >= 0.6 is 11.6 Å². The first-order chi connectivity index (χ1) is 16.4. The summed E-state index contributed by atoms with van der Waals surface area (Å²) in [5.74, 6) is -0.0498. The number of nitrogens with two attached hydrogens (primary N) is 1. The maximum absolute atomic E-state index is 10.7. The van der Waals surface area contributed by atoms with Gasteiger partial charge in [-0.05, 0) is 55.2 Å². The number of rotatable bonds is 3. The molecule has 0 bridgehead atoms. The molecule has 3 heterocycles. The summed E-state index contributed by atoms with van der Waals surface area (Å²) >= 11 is 6.41. The topological polar surface area (TPSA) is 99.1 Å². The molecule has 170 valence electrons. The zero-order valence-corrected chi connectivity index (χ0v) is 19.5. The van der Waals surface area contributed by atoms with E-state index in [1.807, 2.05) is 37.4 Å². The van der Waals surface area contributed by atoms with Gasteiger partial charge in [0.15, 0.2) is 5.65 Å². The van der Waals surface area contributed by atoms with Crippen LogP contribution in [0.4, 0.5) is 5.69 Å². The van der Waals surface area contributed by atoms with E-state index in [9.17, 15) is 10.4 Å². The van der Waals surface area contributed by atoms with Crippen LogP contribution in [0.1, 0.15) is 24.0 Å². The van der Waals surface area contributed by atoms with Crippen molar-refractivity contribution < 1.29 is 5.11 Å². The van der Waals surface area contributed by atoms with Gasteiger partial charge in [-0.25, -0.2) is 9.97 Å². The molecule has 4 aromatic rings. The molecule has 3 N–H and O–H groups in total. The van der Waals surface area contributed by atoms with Crippen molar-refractivity contribution in [3.05, 3.63) is 71.0 Å². The second-order valence-electron chi connectivity index (χ2n) is 8.77. The van der Waals surface area contributed by atoms with Gasteiger partial charge in [0.05, 0.1) is 11.3 Å². The van der Waals surface area contributed by atoms with Gasteiger partial charge in [-0.3, -0.25) is 0 Å². The molecule has 7 heteroatoms. The van der Waals surface area contributed by atoms with Crippen molar-refractivity contribution in [1.82, 2.24) is 9.97 Å². The number of pyridine rings is 2. The number of benzene rings is 2. The average Bonchev–Trinajstić information content (AvgIpc) is 2.83. The number of nitriles is 1. The highest BCUT2D eigenvalue weighted by Crippen LogP contribution is 2.40. The van der Waals surface area contributed by atoms with E-state index in [1.165, 1.54) is 0 Å². The second-order valence-corrected chi connectivity index (χ2v) is 9.21. The van der Waals surface area contributed by atoms with Gasteiger partial charge < -0.3 is 15.7 Å². The number of hydrogen-bond acceptors (Lipinski definition) is 6. The minimum Gasteiger partial charge on any atom is -0.506 e. The van der Waals surface area contributed by atoms with Crippen LogP contribution in [-0.4, -0.2) is 34.2 Å². The van der Waals surface area contributed by atoms with Crippen LogP contribution in [0.25, 0.3) is 33.3 Å². The molecule has 1 saturated heterocycles. The number of aromatic nitrogens is 2. The monoisotopic (exact) mass is 469 g/mol. The standard InChI is InChI=1S/C27H24ClN5O/c1-16-9-18(11-20(28)10-16)24-15-32-27-23(25(24)33-7-5-21(30)6-8-33)12-19(14-31-27)22-4-2-3-17(13-29)26(22)34/h2-4,9-12,14-15,21,34H,5-8,30H2,1H3. The Kier molecular flexibility index (Phi) is 5.82. The van der Waals surface area contributed by atoms with Gasteiger partial charge in [-0.15, -0.1) is 0 Å². The van der Waals surface area contributed by atoms with E-state index in [2.05, 4.69) is 20.9 Å². The Morgan fingerprint density at radius 2 is 1.82 bits per heavy atom. The molecule has 2 aromatic heterocycles. The number of phenols is 1. The first-order valence-electron chi connectivity index (χ1n) is 11.2. The number of aryl methyl sites for hydroxylation is 1. The van der Waals surface area contributed by atoms with Crippen LogP contribution in [0.15, 0.2) is 54.9 Å². The molecule has 1 fully saturated rings. The predicted octanol–water partition coefficient (Wildman–Crippen LogP) is 5.43. The number of fused-ring (bicyclic) bond motifs is 1. The van der Waals surface area contributed by atoms with E-state index in [0.717, 1.165) is 59.3 Å². The Labute approximate surface area is 203 Å². The number of hydrogen-bond donors (Lipinski definition) is 2. The fraction of sp³-hybridized carbons (Fsp3) is 0.222. The number of aromatic hydroxyl groups is 1. The van der Waals surface area contributed by atoms with E-state index < -0.39 is 0 Å². The third kappa shape index (κ3) is 4.05. The zero-order chi connectivity index (χ0) is 23.8. The summed E-state index contributed by atoms with van der Waals surface area (Å²) in [4.78, 5) is 11.6. The van der Waals surface area contributed by atoms with Gasteiger partial charge in [0.2, 0.25) is 0 Å². The molecule has 0 radical (unpaired) electrons. The Balaban J connectivity index is 1.76. The molecule has 2 aromatic carbocycles. The summed E-state index contributed by atoms with van der Waals surface area (Å²) in [7, 11) is 0. The molecule has 6 nitrogen and oxygen atoms in total. The van der Waals surface area contributed by atoms with E-state index in [4.69, 9.17) is 17.3 Å². The molecule has 0 amide bonds. The van der Waals surface area contributed by atoms with E-state index in [0.29, 0.717) is 16.2 Å². The van der Waals surface area contributed by atoms with Gasteiger partial charge in [-0.1, -0.05) is 29.8 Å². The fourth-order valence-electron chi connectivity index (χ4n) is 4.65. The average molecular weight is 470 g/mol. The Hall–Kier alpha value is -3.66. The SMILES string of the molecule is Cc1cc(Cl)cc(-c2cnc3ncc(-c4cccc(C#N)c4O)cc3c2N2CCC(N)CC2)c1. The van der Waals surface area contributed by atoms with Crippen molar-refractivity contribution in [2.24, 2.45) is 5.73 Å². The third-order valence-electron chi connectivity index (χ3n) is 6.37. The van der Waals surface area contributed by atoms with Gasteiger partial charge in [0, 0.05) is 58.6 Å². The number of para-hydroxylation sites is 1. The second kappa shape index (κ2) is 8.94. The van der Waals surface area contributed by atoms with Gasteiger partial charge in [0.25, 0.3) is 0 Å². The Morgan fingerprint density at radius 3 is 2.56 bits per heavy atom. The van der Waals surface area contributed by atoms with Crippen LogP contribution in [-0.2, 0) is 0 Å². The Bertz CT molecular complexity index is 1420. The van der Waals surface area contributed by atoms with Crippen LogP contribution in [0, 0.1) is 18.3 Å². The lowest BCUT2D eigenvalue weighted by molar-refractivity contribution is 0.475. The molecule has 0 saturated carbocycles. The highest BCUT2D eigenvalue weighted by Gasteiger charge is 2.23. The van der Waals surface area contributed by atoms with E-state index in [-0.39, 0.29) is 17.4 Å². The van der Waals surface area contributed by atoms with Crippen LogP contribution in [0.5, 0.6) is 5.75 Å². The number of phenolic OH excluding ortho intramolecular Hbond substituents is 1. The van der Waals surface area contributed by atoms with Crippen molar-refractivity contribution in [3.63, 3.8) is 0 Å². The third-order valence-corrected chi connectivity index (χ3v) is 6.59. The minimum atomic E-state index is -0.0498. The predicted molar refractivity (Wildman–Crippen MR) is 136 cm³/mol. The van der Waals surface area contributed by atoms with Gasteiger partial charge in [-0.2, -0.15) is 5.26 Å². The summed E-state index contributed by atoms with van der Waals surface area (Å²) in [5.41, 5.74) is 12.4. The van der Waals surface area contributed by atoms with E-state index in [1.54, 1.807) is 24.4 Å². The molecule has 1 aliphatic rings. The molecule has 0 aliphatic carbocycles. The maximum atomic E-state index is 10.7. The zero-order valence-electron chi connectivity index (χ0n) is 18.8. The number of halogens is 1. The van der Waals surface area contributed by atoms with E-state index >= 15 is 0 Å². The smallest absolute Gasteiger partial charge is 0.161 e. The molecular formula is C27H24ClN5O. The van der Waals surface area contributed by atoms with Crippen LogP contribution in [0.3, 0.4) is 0 Å². The fourth-order valence-corrected chi connectivity index (χ4v) is 4.94. The highest BCUT2D eigenvalue weighted by molar-refractivity contribution is 6.31. The molecule has 0 spiro atoms. The molecule has 0 atom stereocenters. The quantitative estimate of drug-likeness (QED) is 0.415. The lowest BCUT2D eigenvalue weighted by Crippen LogP contribution is -2.40. The first kappa shape index (κ1) is 22.1. The Morgan fingerprint density at radius 1 is 1.06 bits per heavy atom. The lowest BCUT2D eigenvalue weighted by atomic mass is 9.96. The van der Waals surface area contributed by atoms with Crippen molar-refractivity contribution in [3.8, 4) is 34.1 Å². The number of piperidine rings is 1. The molecule has 0 unspecified atom stereocenters. The minimum absolute atomic E-state index is 0.0498. The maximum Gasteiger partial charge on any atom is 0.161 e. The first-order valence-corrected chi connectivity index (χ1v) is 11.6. The largest absolute Gasteiger partial charge is 0.506 e. The normalized spacial score (nSPS) is 14.4. The van der Waals surface area contributed by atoms with Gasteiger partial charge in [0.1, 0.15) is 11.8 Å². The summed E-state index contributed by atoms with van der Waals surface area (Å²) in [6, 6.07) is 15.4. The van der Waals surface area contributed by atoms with Crippen molar-refractivity contribution in [1.29, 1.82) is 5.26 Å². The molecular weight excluding hydrogens is 446 g/mol. The molecule has 34 heavy (non-hydrogen) atoms. The summed E-state index contributed by atoms with van der Waals surface area (Å²) in [6.07, 6.45) is 5.34. The lowest BCUT2D eigenvalue weighted by Gasteiger charge is -2.34. The highest BCUT2D eigenvalue weighted by atomic mass is 35.5.